The third-order valence-corrected chi connectivity index (χ3v) is 3.95. The number of aliphatic hydroxyl groups is 1. The van der Waals surface area contributed by atoms with Gasteiger partial charge in [0.05, 0.1) is 5.60 Å². The van der Waals surface area contributed by atoms with E-state index in [1.54, 1.807) is 0 Å². The second-order valence-electron chi connectivity index (χ2n) is 5.14. The molecule has 2 unspecified atom stereocenters. The molecule has 2 heteroatoms. The lowest BCUT2D eigenvalue weighted by molar-refractivity contribution is -0.136. The van der Waals surface area contributed by atoms with Crippen molar-refractivity contribution in [3.05, 3.63) is 0 Å². The Kier molecular flexibility index (Phi) is 3.03. The van der Waals surface area contributed by atoms with Crippen molar-refractivity contribution in [3.8, 4) is 0 Å². The van der Waals surface area contributed by atoms with Gasteiger partial charge in [-0.2, -0.15) is 0 Å². The predicted molar refractivity (Wildman–Crippen MR) is 55.4 cm³/mol. The van der Waals surface area contributed by atoms with E-state index >= 15 is 0 Å². The zero-order chi connectivity index (χ0) is 10.1. The average Bonchev–Trinajstić information content (AvgIpc) is 2.01. The van der Waals surface area contributed by atoms with Crippen molar-refractivity contribution in [2.75, 3.05) is 6.54 Å². The first kappa shape index (κ1) is 11.0. The monoisotopic (exact) mass is 185 g/mol. The predicted octanol–water partition coefficient (Wildman–Crippen LogP) is 1.91. The van der Waals surface area contributed by atoms with Gasteiger partial charge in [-0.05, 0) is 37.1 Å². The summed E-state index contributed by atoms with van der Waals surface area (Å²) in [5.41, 5.74) is 5.06. The minimum absolute atomic E-state index is 0.0318. The molecule has 0 aromatic heterocycles. The summed E-state index contributed by atoms with van der Waals surface area (Å²) >= 11 is 0. The fourth-order valence-corrected chi connectivity index (χ4v) is 2.78. The third-order valence-electron chi connectivity index (χ3n) is 3.95. The number of hydrogen-bond donors (Lipinski definition) is 2. The molecular formula is C11H23NO. The van der Waals surface area contributed by atoms with Crippen molar-refractivity contribution in [2.45, 2.75) is 52.1 Å². The van der Waals surface area contributed by atoms with Gasteiger partial charge in [-0.15, -0.1) is 0 Å². The number of hydrogen-bond acceptors (Lipinski definition) is 2. The highest BCUT2D eigenvalue weighted by Gasteiger charge is 2.48. The fourth-order valence-electron chi connectivity index (χ4n) is 2.78. The van der Waals surface area contributed by atoms with Gasteiger partial charge in [0.1, 0.15) is 0 Å². The van der Waals surface area contributed by atoms with Crippen molar-refractivity contribution in [1.82, 2.24) is 0 Å². The van der Waals surface area contributed by atoms with Gasteiger partial charge in [0, 0.05) is 0 Å². The summed E-state index contributed by atoms with van der Waals surface area (Å²) in [5, 5.41) is 10.6. The molecule has 0 aliphatic heterocycles. The molecule has 3 N–H and O–H groups in total. The Morgan fingerprint density at radius 2 is 2.08 bits per heavy atom. The molecule has 1 aliphatic rings. The third kappa shape index (κ3) is 1.75. The molecule has 0 radical (unpaired) electrons. The lowest BCUT2D eigenvalue weighted by Crippen LogP contribution is -2.53. The topological polar surface area (TPSA) is 46.2 Å². The van der Waals surface area contributed by atoms with Crippen LogP contribution in [0.1, 0.15) is 46.5 Å². The Hall–Kier alpha value is -0.0800. The van der Waals surface area contributed by atoms with E-state index in [9.17, 15) is 5.11 Å². The van der Waals surface area contributed by atoms with Crippen molar-refractivity contribution >= 4 is 0 Å². The molecule has 0 aromatic rings. The van der Waals surface area contributed by atoms with Gasteiger partial charge in [0.15, 0.2) is 0 Å². The molecular weight excluding hydrogens is 162 g/mol. The van der Waals surface area contributed by atoms with Gasteiger partial charge in [0.2, 0.25) is 0 Å². The first-order valence-electron chi connectivity index (χ1n) is 5.36. The molecule has 0 aromatic carbocycles. The number of nitrogens with two attached hydrogens (primary N) is 1. The highest BCUT2D eigenvalue weighted by molar-refractivity contribution is 4.99. The van der Waals surface area contributed by atoms with Gasteiger partial charge in [-0.25, -0.2) is 0 Å². The van der Waals surface area contributed by atoms with Gasteiger partial charge in [-0.3, -0.25) is 0 Å². The normalized spacial score (nSPS) is 39.0. The van der Waals surface area contributed by atoms with Crippen LogP contribution in [0.4, 0.5) is 0 Å². The van der Waals surface area contributed by atoms with Crippen molar-refractivity contribution in [3.63, 3.8) is 0 Å². The zero-order valence-electron chi connectivity index (χ0n) is 9.14. The molecule has 0 saturated heterocycles. The van der Waals surface area contributed by atoms with Crippen LogP contribution in [0.15, 0.2) is 0 Å². The molecule has 1 saturated carbocycles. The van der Waals surface area contributed by atoms with Crippen LogP contribution < -0.4 is 5.73 Å². The van der Waals surface area contributed by atoms with Crippen molar-refractivity contribution in [2.24, 2.45) is 17.1 Å². The van der Waals surface area contributed by atoms with E-state index in [0.29, 0.717) is 12.5 Å². The maximum absolute atomic E-state index is 10.6. The minimum Gasteiger partial charge on any atom is -0.389 e. The summed E-state index contributed by atoms with van der Waals surface area (Å²) in [6.07, 6.45) is 4.23. The minimum atomic E-state index is -0.542. The van der Waals surface area contributed by atoms with Crippen molar-refractivity contribution in [1.29, 1.82) is 0 Å². The van der Waals surface area contributed by atoms with Crippen LogP contribution in [0.2, 0.25) is 0 Å². The first-order valence-corrected chi connectivity index (χ1v) is 5.36. The van der Waals surface area contributed by atoms with Gasteiger partial charge < -0.3 is 10.8 Å². The van der Waals surface area contributed by atoms with E-state index in [2.05, 4.69) is 20.8 Å². The SMILES string of the molecule is CC1CCCC(C)(C)C1(O)CCN. The highest BCUT2D eigenvalue weighted by atomic mass is 16.3. The fraction of sp³-hybridized carbons (Fsp3) is 1.00. The molecule has 2 atom stereocenters. The Balaban J connectivity index is 2.84. The zero-order valence-corrected chi connectivity index (χ0v) is 9.14. The van der Waals surface area contributed by atoms with Crippen LogP contribution in [-0.2, 0) is 0 Å². The number of rotatable bonds is 2. The van der Waals surface area contributed by atoms with Crippen LogP contribution >= 0.6 is 0 Å². The Morgan fingerprint density at radius 3 is 2.54 bits per heavy atom. The van der Waals surface area contributed by atoms with E-state index in [0.717, 1.165) is 19.3 Å². The van der Waals surface area contributed by atoms with Crippen LogP contribution in [0.5, 0.6) is 0 Å². The van der Waals surface area contributed by atoms with Crippen LogP contribution in [0, 0.1) is 11.3 Å². The molecule has 0 heterocycles. The summed E-state index contributed by atoms with van der Waals surface area (Å²) in [6, 6.07) is 0. The Morgan fingerprint density at radius 1 is 1.46 bits per heavy atom. The Bertz CT molecular complexity index is 179. The Labute approximate surface area is 81.5 Å². The maximum atomic E-state index is 10.6. The molecule has 1 rings (SSSR count). The van der Waals surface area contributed by atoms with E-state index in [1.807, 2.05) is 0 Å². The van der Waals surface area contributed by atoms with Crippen LogP contribution in [-0.4, -0.2) is 17.3 Å². The first-order chi connectivity index (χ1) is 5.94. The summed E-state index contributed by atoms with van der Waals surface area (Å²) in [5.74, 6) is 0.389. The summed E-state index contributed by atoms with van der Waals surface area (Å²) < 4.78 is 0. The molecule has 2 nitrogen and oxygen atoms in total. The van der Waals surface area contributed by atoms with Gasteiger partial charge in [-0.1, -0.05) is 27.2 Å². The van der Waals surface area contributed by atoms with Gasteiger partial charge in [0.25, 0.3) is 0 Å². The van der Waals surface area contributed by atoms with Gasteiger partial charge >= 0.3 is 0 Å². The van der Waals surface area contributed by atoms with E-state index in [4.69, 9.17) is 5.73 Å². The largest absolute Gasteiger partial charge is 0.389 e. The van der Waals surface area contributed by atoms with Crippen molar-refractivity contribution < 1.29 is 5.11 Å². The smallest absolute Gasteiger partial charge is 0.0735 e. The summed E-state index contributed by atoms with van der Waals surface area (Å²) in [6.45, 7) is 7.07. The maximum Gasteiger partial charge on any atom is 0.0735 e. The van der Waals surface area contributed by atoms with E-state index in [-0.39, 0.29) is 5.41 Å². The second-order valence-corrected chi connectivity index (χ2v) is 5.14. The molecule has 0 spiro atoms. The van der Waals surface area contributed by atoms with Crippen LogP contribution in [0.25, 0.3) is 0 Å². The van der Waals surface area contributed by atoms with Crippen LogP contribution in [0.3, 0.4) is 0 Å². The molecule has 0 bridgehead atoms. The molecule has 1 fully saturated rings. The second kappa shape index (κ2) is 3.58. The lowest BCUT2D eigenvalue weighted by Gasteiger charge is -2.50. The molecule has 1 aliphatic carbocycles. The average molecular weight is 185 g/mol. The van der Waals surface area contributed by atoms with E-state index < -0.39 is 5.60 Å². The standard InChI is InChI=1S/C11H23NO/c1-9-5-4-6-10(2,3)11(9,13)7-8-12/h9,13H,4-8,12H2,1-3H3. The van der Waals surface area contributed by atoms with E-state index in [1.165, 1.54) is 6.42 Å². The molecule has 13 heavy (non-hydrogen) atoms. The summed E-state index contributed by atoms with van der Waals surface area (Å²) in [7, 11) is 0. The summed E-state index contributed by atoms with van der Waals surface area (Å²) in [4.78, 5) is 0. The quantitative estimate of drug-likeness (QED) is 0.690. The molecule has 78 valence electrons. The molecule has 0 amide bonds. The highest BCUT2D eigenvalue weighted by Crippen LogP contribution is 2.48. The lowest BCUT2D eigenvalue weighted by atomic mass is 9.59.